The van der Waals surface area contributed by atoms with E-state index in [4.69, 9.17) is 11.0 Å². The molecule has 0 atom stereocenters. The Bertz CT molecular complexity index is 1190. The van der Waals surface area contributed by atoms with Crippen LogP contribution in [0.2, 0.25) is 0 Å². The molecule has 25 heavy (non-hydrogen) atoms. The summed E-state index contributed by atoms with van der Waals surface area (Å²) in [5, 5.41) is 2.22. The third-order valence-corrected chi connectivity index (χ3v) is 4.96. The highest BCUT2D eigenvalue weighted by atomic mass is 16.3. The van der Waals surface area contributed by atoms with Gasteiger partial charge in [0.2, 0.25) is 5.69 Å². The molecular weight excluding hydrogens is 308 g/mol. The second kappa shape index (κ2) is 5.46. The highest BCUT2D eigenvalue weighted by Crippen LogP contribution is 2.41. The van der Waals surface area contributed by atoms with Crippen LogP contribution in [0.25, 0.3) is 38.0 Å². The number of hydrogen-bond acceptors (Lipinski definition) is 1. The third-order valence-electron chi connectivity index (χ3n) is 4.96. The summed E-state index contributed by atoms with van der Waals surface area (Å²) < 4.78 is 8.48. The van der Waals surface area contributed by atoms with Crippen LogP contribution in [0.15, 0.2) is 47.0 Å². The van der Waals surface area contributed by atoms with Crippen LogP contribution in [0.4, 0.5) is 5.69 Å². The van der Waals surface area contributed by atoms with Gasteiger partial charge in [0, 0.05) is 22.9 Å². The van der Waals surface area contributed by atoms with E-state index in [0.29, 0.717) is 5.69 Å². The van der Waals surface area contributed by atoms with Gasteiger partial charge in [-0.3, -0.25) is 0 Å². The summed E-state index contributed by atoms with van der Waals surface area (Å²) in [5.41, 5.74) is 7.89. The van der Waals surface area contributed by atoms with Gasteiger partial charge in [-0.2, -0.15) is 0 Å². The van der Waals surface area contributed by atoms with Crippen molar-refractivity contribution in [3.8, 4) is 11.3 Å². The molecule has 3 heteroatoms. The van der Waals surface area contributed by atoms with Crippen molar-refractivity contribution in [1.29, 1.82) is 0 Å². The van der Waals surface area contributed by atoms with E-state index in [1.54, 1.807) is 0 Å². The maximum absolute atomic E-state index is 7.36. The van der Waals surface area contributed by atoms with Gasteiger partial charge in [0.25, 0.3) is 0 Å². The van der Waals surface area contributed by atoms with E-state index in [1.807, 2.05) is 44.4 Å². The highest BCUT2D eigenvalue weighted by Gasteiger charge is 2.22. The van der Waals surface area contributed by atoms with Gasteiger partial charge >= 0.3 is 0 Å². The Balaban J connectivity index is 2.22. The summed E-state index contributed by atoms with van der Waals surface area (Å²) in [7, 11) is 2.05. The van der Waals surface area contributed by atoms with Gasteiger partial charge in [0.1, 0.15) is 18.2 Å². The van der Waals surface area contributed by atoms with E-state index in [-0.39, 0.29) is 0 Å². The molecule has 0 spiro atoms. The number of benzene rings is 2. The van der Waals surface area contributed by atoms with Gasteiger partial charge < -0.3 is 4.42 Å². The number of aromatic nitrogens is 1. The van der Waals surface area contributed by atoms with E-state index in [2.05, 4.69) is 35.4 Å². The van der Waals surface area contributed by atoms with Gasteiger partial charge in [0.05, 0.1) is 12.1 Å². The zero-order chi connectivity index (χ0) is 17.7. The molecule has 0 amide bonds. The van der Waals surface area contributed by atoms with Crippen LogP contribution in [-0.4, -0.2) is 0 Å². The minimum absolute atomic E-state index is 0.646. The van der Waals surface area contributed by atoms with Crippen LogP contribution in [0.1, 0.15) is 16.7 Å². The lowest BCUT2D eigenvalue weighted by molar-refractivity contribution is -0.660. The van der Waals surface area contributed by atoms with Crippen molar-refractivity contribution in [3.63, 3.8) is 0 Å². The van der Waals surface area contributed by atoms with Crippen molar-refractivity contribution in [2.75, 3.05) is 0 Å². The predicted octanol–water partition coefficient (Wildman–Crippen LogP) is 5.55. The molecule has 0 unspecified atom stereocenters. The van der Waals surface area contributed by atoms with Crippen molar-refractivity contribution in [3.05, 3.63) is 70.7 Å². The molecule has 2 aromatic carbocycles. The number of furan rings is 1. The number of aryl methyl sites for hydroxylation is 4. The summed E-state index contributed by atoms with van der Waals surface area (Å²) in [6, 6.07) is 12.3. The lowest BCUT2D eigenvalue weighted by Crippen LogP contribution is -2.30. The van der Waals surface area contributed by atoms with E-state index in [1.165, 1.54) is 11.1 Å². The molecule has 2 aromatic heterocycles. The van der Waals surface area contributed by atoms with Crippen LogP contribution < -0.4 is 4.57 Å². The fourth-order valence-electron chi connectivity index (χ4n) is 3.72. The second-order valence-corrected chi connectivity index (χ2v) is 6.59. The van der Waals surface area contributed by atoms with Crippen LogP contribution in [0.3, 0.4) is 0 Å². The molecule has 122 valence electrons. The quantitative estimate of drug-likeness (QED) is 0.331. The minimum atomic E-state index is 0.646. The SMILES string of the molecule is [C-]#[N+]c1ccc2c(oc3c(-c4cccc[n+]4C)c(C)cc(C)c32)c1C. The van der Waals surface area contributed by atoms with Gasteiger partial charge in [-0.1, -0.05) is 18.2 Å². The molecular formula is C22H19N2O+. The Morgan fingerprint density at radius 2 is 1.80 bits per heavy atom. The zero-order valence-corrected chi connectivity index (χ0v) is 14.8. The lowest BCUT2D eigenvalue weighted by atomic mass is 9.96. The topological polar surface area (TPSA) is 21.4 Å². The molecule has 3 nitrogen and oxygen atoms in total. The number of fused-ring (bicyclic) bond motifs is 3. The molecule has 0 N–H and O–H groups in total. The van der Waals surface area contributed by atoms with E-state index in [0.717, 1.165) is 38.8 Å². The Morgan fingerprint density at radius 3 is 2.52 bits per heavy atom. The molecule has 0 bridgehead atoms. The molecule has 0 saturated heterocycles. The molecule has 2 heterocycles. The molecule has 0 saturated carbocycles. The van der Waals surface area contributed by atoms with Crippen molar-refractivity contribution >= 4 is 27.6 Å². The Kier molecular flexibility index (Phi) is 3.36. The Labute approximate surface area is 147 Å². The fraction of sp³-hybridized carbons (Fsp3) is 0.182. The summed E-state index contributed by atoms with van der Waals surface area (Å²) in [5.74, 6) is 0. The van der Waals surface area contributed by atoms with Crippen molar-refractivity contribution in [1.82, 2.24) is 0 Å². The molecule has 0 radical (unpaired) electrons. The van der Waals surface area contributed by atoms with Crippen LogP contribution >= 0.6 is 0 Å². The van der Waals surface area contributed by atoms with E-state index < -0.39 is 0 Å². The number of hydrogen-bond donors (Lipinski definition) is 0. The number of nitrogens with zero attached hydrogens (tertiary/aromatic N) is 2. The molecule has 0 aliphatic rings. The average Bonchev–Trinajstić information content (AvgIpc) is 2.97. The molecule has 0 fully saturated rings. The van der Waals surface area contributed by atoms with Gasteiger partial charge in [-0.05, 0) is 43.5 Å². The molecule has 4 aromatic rings. The van der Waals surface area contributed by atoms with Crippen LogP contribution in [-0.2, 0) is 7.05 Å². The maximum atomic E-state index is 7.36. The van der Waals surface area contributed by atoms with E-state index in [9.17, 15) is 0 Å². The smallest absolute Gasteiger partial charge is 0.216 e. The lowest BCUT2D eigenvalue weighted by Gasteiger charge is -2.07. The number of rotatable bonds is 1. The fourth-order valence-corrected chi connectivity index (χ4v) is 3.72. The standard InChI is InChI=1S/C22H19N2O/c1-13-12-14(2)20(18-8-6-7-11-24(18)5)22-19(13)16-9-10-17(23-4)15(3)21(16)25-22/h6-12H,1-3,5H3/q+1. The van der Waals surface area contributed by atoms with Crippen molar-refractivity contribution in [2.45, 2.75) is 20.8 Å². The summed E-state index contributed by atoms with van der Waals surface area (Å²) in [4.78, 5) is 3.61. The predicted molar refractivity (Wildman–Crippen MR) is 101 cm³/mol. The summed E-state index contributed by atoms with van der Waals surface area (Å²) in [6.07, 6.45) is 2.05. The number of pyridine rings is 1. The van der Waals surface area contributed by atoms with Gasteiger partial charge in [-0.25, -0.2) is 9.41 Å². The van der Waals surface area contributed by atoms with Crippen molar-refractivity contribution < 1.29 is 8.98 Å². The Morgan fingerprint density at radius 1 is 1.00 bits per heavy atom. The molecule has 4 rings (SSSR count). The minimum Gasteiger partial charge on any atom is -0.456 e. The first-order chi connectivity index (χ1) is 12.0. The van der Waals surface area contributed by atoms with Gasteiger partial charge in [0.15, 0.2) is 11.9 Å². The van der Waals surface area contributed by atoms with Crippen LogP contribution in [0, 0.1) is 27.3 Å². The highest BCUT2D eigenvalue weighted by molar-refractivity contribution is 6.12. The summed E-state index contributed by atoms with van der Waals surface area (Å²) >= 11 is 0. The molecule has 0 aliphatic heterocycles. The second-order valence-electron chi connectivity index (χ2n) is 6.59. The summed E-state index contributed by atoms with van der Waals surface area (Å²) in [6.45, 7) is 13.6. The third kappa shape index (κ3) is 2.15. The monoisotopic (exact) mass is 327 g/mol. The molecule has 0 aliphatic carbocycles. The first-order valence-corrected chi connectivity index (χ1v) is 8.31. The van der Waals surface area contributed by atoms with E-state index >= 15 is 0 Å². The first-order valence-electron chi connectivity index (χ1n) is 8.31. The maximum Gasteiger partial charge on any atom is 0.216 e. The zero-order valence-electron chi connectivity index (χ0n) is 14.8. The normalized spacial score (nSPS) is 11.2. The first kappa shape index (κ1) is 15.4. The average molecular weight is 327 g/mol. The largest absolute Gasteiger partial charge is 0.456 e. The van der Waals surface area contributed by atoms with Crippen LogP contribution in [0.5, 0.6) is 0 Å². The van der Waals surface area contributed by atoms with Gasteiger partial charge in [-0.15, -0.1) is 0 Å². The Hall–Kier alpha value is -3.12. The van der Waals surface area contributed by atoms with Crippen molar-refractivity contribution in [2.24, 2.45) is 7.05 Å².